The topological polar surface area (TPSA) is 78.7 Å². The van der Waals surface area contributed by atoms with Crippen molar-refractivity contribution < 1.29 is 9.59 Å². The van der Waals surface area contributed by atoms with Gasteiger partial charge in [-0.1, -0.05) is 0 Å². The summed E-state index contributed by atoms with van der Waals surface area (Å²) < 4.78 is 0. The SMILES string of the molecule is CCN(CC(N)=O)C(=O)C1CCCN1C1CCNCC1. The molecular weight excluding hydrogens is 256 g/mol. The Balaban J connectivity index is 2.01. The lowest BCUT2D eigenvalue weighted by Crippen LogP contribution is -2.52. The summed E-state index contributed by atoms with van der Waals surface area (Å²) in [5, 5.41) is 3.36. The van der Waals surface area contributed by atoms with Gasteiger partial charge in [-0.05, 0) is 52.2 Å². The molecule has 2 fully saturated rings. The van der Waals surface area contributed by atoms with Crippen LogP contribution in [0.2, 0.25) is 0 Å². The van der Waals surface area contributed by atoms with Gasteiger partial charge in [0.2, 0.25) is 11.8 Å². The van der Waals surface area contributed by atoms with Gasteiger partial charge >= 0.3 is 0 Å². The van der Waals surface area contributed by atoms with E-state index in [2.05, 4.69) is 10.2 Å². The second kappa shape index (κ2) is 7.04. The van der Waals surface area contributed by atoms with E-state index in [9.17, 15) is 9.59 Å². The van der Waals surface area contributed by atoms with Crippen LogP contribution >= 0.6 is 0 Å². The molecule has 2 aliphatic rings. The number of nitrogens with one attached hydrogen (secondary N) is 1. The van der Waals surface area contributed by atoms with Crippen molar-refractivity contribution in [2.45, 2.75) is 44.7 Å². The molecule has 0 saturated carbocycles. The number of carbonyl (C=O) groups is 2. The van der Waals surface area contributed by atoms with E-state index in [1.54, 1.807) is 4.90 Å². The number of nitrogens with two attached hydrogens (primary N) is 1. The molecule has 1 unspecified atom stereocenters. The molecule has 0 aromatic heterocycles. The Kier molecular flexibility index (Phi) is 5.37. The van der Waals surface area contributed by atoms with Crippen LogP contribution in [0.1, 0.15) is 32.6 Å². The summed E-state index contributed by atoms with van der Waals surface area (Å²) in [6.07, 6.45) is 4.17. The molecular formula is C14H26N4O2. The maximum absolute atomic E-state index is 12.6. The number of nitrogens with zero attached hydrogens (tertiary/aromatic N) is 2. The largest absolute Gasteiger partial charge is 0.368 e. The zero-order chi connectivity index (χ0) is 14.5. The molecule has 0 aromatic rings. The van der Waals surface area contributed by atoms with E-state index >= 15 is 0 Å². The van der Waals surface area contributed by atoms with Crippen molar-refractivity contribution in [3.05, 3.63) is 0 Å². The highest BCUT2D eigenvalue weighted by Crippen LogP contribution is 2.25. The number of likely N-dealkylation sites (N-methyl/N-ethyl adjacent to an activating group) is 1. The number of rotatable bonds is 5. The number of hydrogen-bond donors (Lipinski definition) is 2. The summed E-state index contributed by atoms with van der Waals surface area (Å²) in [5.41, 5.74) is 5.23. The van der Waals surface area contributed by atoms with Crippen LogP contribution in [0.25, 0.3) is 0 Å². The first-order chi connectivity index (χ1) is 9.63. The predicted molar refractivity (Wildman–Crippen MR) is 77.1 cm³/mol. The monoisotopic (exact) mass is 282 g/mol. The van der Waals surface area contributed by atoms with Crippen LogP contribution in [0.15, 0.2) is 0 Å². The minimum absolute atomic E-state index is 0.0336. The molecule has 114 valence electrons. The number of hydrogen-bond acceptors (Lipinski definition) is 4. The first-order valence-electron chi connectivity index (χ1n) is 7.67. The summed E-state index contributed by atoms with van der Waals surface area (Å²) in [7, 11) is 0. The van der Waals surface area contributed by atoms with Crippen molar-refractivity contribution in [3.63, 3.8) is 0 Å². The second-order valence-electron chi connectivity index (χ2n) is 5.70. The van der Waals surface area contributed by atoms with Crippen molar-refractivity contribution in [2.75, 3.05) is 32.7 Å². The van der Waals surface area contributed by atoms with Crippen LogP contribution in [0, 0.1) is 0 Å². The fourth-order valence-electron chi connectivity index (χ4n) is 3.37. The Labute approximate surface area is 120 Å². The quantitative estimate of drug-likeness (QED) is 0.715. The summed E-state index contributed by atoms with van der Waals surface area (Å²) in [6.45, 7) is 5.52. The number of amides is 2. The van der Waals surface area contributed by atoms with Gasteiger partial charge in [0.15, 0.2) is 0 Å². The van der Waals surface area contributed by atoms with E-state index in [4.69, 9.17) is 5.73 Å². The van der Waals surface area contributed by atoms with Gasteiger partial charge in [-0.2, -0.15) is 0 Å². The van der Waals surface area contributed by atoms with Crippen molar-refractivity contribution >= 4 is 11.8 Å². The lowest BCUT2D eigenvalue weighted by Gasteiger charge is -2.36. The zero-order valence-corrected chi connectivity index (χ0v) is 12.3. The molecule has 3 N–H and O–H groups in total. The van der Waals surface area contributed by atoms with Gasteiger partial charge in [-0.15, -0.1) is 0 Å². The molecule has 2 aliphatic heterocycles. The Bertz CT molecular complexity index is 355. The van der Waals surface area contributed by atoms with Gasteiger partial charge < -0.3 is 16.0 Å². The van der Waals surface area contributed by atoms with E-state index in [1.165, 1.54) is 0 Å². The lowest BCUT2D eigenvalue weighted by atomic mass is 10.0. The zero-order valence-electron chi connectivity index (χ0n) is 12.3. The minimum Gasteiger partial charge on any atom is -0.368 e. The van der Waals surface area contributed by atoms with Crippen LogP contribution in [-0.4, -0.2) is 66.4 Å². The van der Waals surface area contributed by atoms with E-state index in [0.29, 0.717) is 12.6 Å². The smallest absolute Gasteiger partial charge is 0.240 e. The number of piperidine rings is 1. The van der Waals surface area contributed by atoms with Gasteiger partial charge in [0.05, 0.1) is 12.6 Å². The highest BCUT2D eigenvalue weighted by atomic mass is 16.2. The van der Waals surface area contributed by atoms with Gasteiger partial charge in [0.25, 0.3) is 0 Å². The molecule has 2 rings (SSSR count). The minimum atomic E-state index is -0.438. The maximum Gasteiger partial charge on any atom is 0.240 e. The van der Waals surface area contributed by atoms with Crippen molar-refractivity contribution in [1.82, 2.24) is 15.1 Å². The first kappa shape index (κ1) is 15.3. The molecule has 20 heavy (non-hydrogen) atoms. The van der Waals surface area contributed by atoms with Crippen molar-refractivity contribution in [2.24, 2.45) is 5.73 Å². The third-order valence-corrected chi connectivity index (χ3v) is 4.40. The first-order valence-corrected chi connectivity index (χ1v) is 7.67. The Morgan fingerprint density at radius 2 is 2.00 bits per heavy atom. The molecule has 2 amide bonds. The summed E-state index contributed by atoms with van der Waals surface area (Å²) >= 11 is 0. The molecule has 0 aliphatic carbocycles. The molecule has 6 heteroatoms. The average Bonchev–Trinajstić information content (AvgIpc) is 2.94. The van der Waals surface area contributed by atoms with Gasteiger partial charge in [-0.3, -0.25) is 14.5 Å². The van der Waals surface area contributed by atoms with Crippen LogP contribution in [0.4, 0.5) is 0 Å². The van der Waals surface area contributed by atoms with E-state index in [0.717, 1.165) is 45.3 Å². The van der Waals surface area contributed by atoms with Gasteiger partial charge in [0.1, 0.15) is 0 Å². The maximum atomic E-state index is 12.6. The van der Waals surface area contributed by atoms with E-state index in [-0.39, 0.29) is 18.5 Å². The standard InChI is InChI=1S/C14H26N4O2/c1-2-17(10-13(15)19)14(20)12-4-3-9-18(12)11-5-7-16-8-6-11/h11-12,16H,2-10H2,1H3,(H2,15,19). The summed E-state index contributed by atoms with van der Waals surface area (Å²) in [5.74, 6) is -0.367. The second-order valence-corrected chi connectivity index (χ2v) is 5.70. The van der Waals surface area contributed by atoms with Crippen LogP contribution in [0.5, 0.6) is 0 Å². The number of carbonyl (C=O) groups excluding carboxylic acids is 2. The third-order valence-electron chi connectivity index (χ3n) is 4.40. The third kappa shape index (κ3) is 3.49. The summed E-state index contributed by atoms with van der Waals surface area (Å²) in [6, 6.07) is 0.442. The van der Waals surface area contributed by atoms with Crippen molar-refractivity contribution in [3.8, 4) is 0 Å². The molecule has 1 atom stereocenters. The Hall–Kier alpha value is -1.14. The Morgan fingerprint density at radius 1 is 1.30 bits per heavy atom. The van der Waals surface area contributed by atoms with E-state index in [1.807, 2.05) is 6.92 Å². The fraction of sp³-hybridized carbons (Fsp3) is 0.857. The molecule has 0 radical (unpaired) electrons. The Morgan fingerprint density at radius 3 is 2.60 bits per heavy atom. The van der Waals surface area contributed by atoms with Crippen LogP contribution < -0.4 is 11.1 Å². The van der Waals surface area contributed by atoms with Crippen molar-refractivity contribution in [1.29, 1.82) is 0 Å². The highest BCUT2D eigenvalue weighted by Gasteiger charge is 2.37. The van der Waals surface area contributed by atoms with Crippen LogP contribution in [-0.2, 0) is 9.59 Å². The molecule has 0 bridgehead atoms. The predicted octanol–water partition coefficient (Wildman–Crippen LogP) is -0.463. The van der Waals surface area contributed by atoms with Gasteiger partial charge in [-0.25, -0.2) is 0 Å². The molecule has 2 saturated heterocycles. The normalized spacial score (nSPS) is 24.8. The van der Waals surface area contributed by atoms with E-state index < -0.39 is 5.91 Å². The molecule has 2 heterocycles. The number of primary amides is 1. The molecule has 0 aromatic carbocycles. The number of likely N-dealkylation sites (tertiary alicyclic amines) is 1. The molecule has 6 nitrogen and oxygen atoms in total. The average molecular weight is 282 g/mol. The fourth-order valence-corrected chi connectivity index (χ4v) is 3.37. The lowest BCUT2D eigenvalue weighted by molar-refractivity contribution is -0.139. The summed E-state index contributed by atoms with van der Waals surface area (Å²) in [4.78, 5) is 27.6. The highest BCUT2D eigenvalue weighted by molar-refractivity contribution is 5.87. The van der Waals surface area contributed by atoms with Crippen LogP contribution in [0.3, 0.4) is 0 Å². The van der Waals surface area contributed by atoms with Gasteiger partial charge in [0, 0.05) is 12.6 Å². The molecule has 0 spiro atoms.